The molecule has 3 amide bonds. The van der Waals surface area contributed by atoms with Gasteiger partial charge in [0.25, 0.3) is 0 Å². The van der Waals surface area contributed by atoms with E-state index in [9.17, 15) is 9.59 Å². The van der Waals surface area contributed by atoms with Crippen molar-refractivity contribution in [3.05, 3.63) is 66.2 Å². The van der Waals surface area contributed by atoms with E-state index in [-0.39, 0.29) is 17.9 Å². The SMILES string of the molecule is O=C(Nc1ccccc1)N1CCCC(C(=O)N2CCC(c3ccccc3)CC2)C1. The summed E-state index contributed by atoms with van der Waals surface area (Å²) in [5.74, 6) is 0.673. The first-order valence-electron chi connectivity index (χ1n) is 10.7. The Balaban J connectivity index is 1.30. The van der Waals surface area contributed by atoms with Gasteiger partial charge in [0.15, 0.2) is 0 Å². The van der Waals surface area contributed by atoms with Crippen molar-refractivity contribution in [2.24, 2.45) is 5.92 Å². The number of hydrogen-bond acceptors (Lipinski definition) is 2. The molecule has 0 radical (unpaired) electrons. The van der Waals surface area contributed by atoms with Gasteiger partial charge in [-0.05, 0) is 49.3 Å². The van der Waals surface area contributed by atoms with E-state index in [1.807, 2.05) is 41.3 Å². The fraction of sp³-hybridized carbons (Fsp3) is 0.417. The highest BCUT2D eigenvalue weighted by molar-refractivity contribution is 5.90. The van der Waals surface area contributed by atoms with Gasteiger partial charge in [0, 0.05) is 31.9 Å². The number of urea groups is 1. The molecule has 4 rings (SSSR count). The Hall–Kier alpha value is -2.82. The van der Waals surface area contributed by atoms with Gasteiger partial charge in [-0.25, -0.2) is 4.79 Å². The van der Waals surface area contributed by atoms with Crippen molar-refractivity contribution < 1.29 is 9.59 Å². The molecule has 0 saturated carbocycles. The average Bonchev–Trinajstić information content (AvgIpc) is 2.80. The first kappa shape index (κ1) is 19.5. The van der Waals surface area contributed by atoms with Gasteiger partial charge in [-0.3, -0.25) is 4.79 Å². The largest absolute Gasteiger partial charge is 0.342 e. The van der Waals surface area contributed by atoms with Gasteiger partial charge >= 0.3 is 6.03 Å². The number of rotatable bonds is 3. The summed E-state index contributed by atoms with van der Waals surface area (Å²) in [6, 6.07) is 20.0. The number of likely N-dealkylation sites (tertiary alicyclic amines) is 2. The van der Waals surface area contributed by atoms with E-state index in [0.717, 1.165) is 44.5 Å². The van der Waals surface area contributed by atoms with E-state index in [2.05, 4.69) is 29.6 Å². The van der Waals surface area contributed by atoms with E-state index in [1.165, 1.54) is 5.56 Å². The molecule has 0 bridgehead atoms. The summed E-state index contributed by atoms with van der Waals surface area (Å²) >= 11 is 0. The molecule has 2 aromatic rings. The minimum absolute atomic E-state index is 0.0847. The number of carbonyl (C=O) groups is 2. The van der Waals surface area contributed by atoms with Crippen molar-refractivity contribution in [1.29, 1.82) is 0 Å². The molecule has 1 N–H and O–H groups in total. The minimum atomic E-state index is -0.114. The smallest absolute Gasteiger partial charge is 0.321 e. The van der Waals surface area contributed by atoms with Gasteiger partial charge in [-0.2, -0.15) is 0 Å². The average molecular weight is 392 g/mol. The molecule has 2 aliphatic heterocycles. The molecule has 5 nitrogen and oxygen atoms in total. The van der Waals surface area contributed by atoms with Crippen LogP contribution in [0.4, 0.5) is 10.5 Å². The zero-order chi connectivity index (χ0) is 20.1. The second-order valence-electron chi connectivity index (χ2n) is 8.09. The first-order chi connectivity index (χ1) is 14.2. The zero-order valence-electron chi connectivity index (χ0n) is 16.8. The Labute approximate surface area is 172 Å². The summed E-state index contributed by atoms with van der Waals surface area (Å²) in [5.41, 5.74) is 2.16. The summed E-state index contributed by atoms with van der Waals surface area (Å²) < 4.78 is 0. The van der Waals surface area contributed by atoms with Gasteiger partial charge in [0.05, 0.1) is 5.92 Å². The zero-order valence-corrected chi connectivity index (χ0v) is 16.8. The summed E-state index contributed by atoms with van der Waals surface area (Å²) in [6.07, 6.45) is 3.77. The third kappa shape index (κ3) is 4.78. The number of benzene rings is 2. The molecule has 2 fully saturated rings. The van der Waals surface area contributed by atoms with Crippen molar-refractivity contribution in [3.63, 3.8) is 0 Å². The normalized spacial score (nSPS) is 20.3. The van der Waals surface area contributed by atoms with Crippen LogP contribution in [0.25, 0.3) is 0 Å². The van der Waals surface area contributed by atoms with Crippen LogP contribution in [0, 0.1) is 5.92 Å². The van der Waals surface area contributed by atoms with Crippen molar-refractivity contribution in [2.45, 2.75) is 31.6 Å². The fourth-order valence-corrected chi connectivity index (χ4v) is 4.50. The fourth-order valence-electron chi connectivity index (χ4n) is 4.50. The lowest BCUT2D eigenvalue weighted by Crippen LogP contribution is -2.49. The summed E-state index contributed by atoms with van der Waals surface area (Å²) in [7, 11) is 0. The van der Waals surface area contributed by atoms with Crippen LogP contribution < -0.4 is 5.32 Å². The van der Waals surface area contributed by atoms with E-state index in [1.54, 1.807) is 4.90 Å². The maximum atomic E-state index is 13.1. The topological polar surface area (TPSA) is 52.7 Å². The van der Waals surface area contributed by atoms with Gasteiger partial charge in [0.2, 0.25) is 5.91 Å². The lowest BCUT2D eigenvalue weighted by molar-refractivity contribution is -0.138. The highest BCUT2D eigenvalue weighted by Crippen LogP contribution is 2.29. The summed E-state index contributed by atoms with van der Waals surface area (Å²) in [4.78, 5) is 29.5. The van der Waals surface area contributed by atoms with Crippen LogP contribution in [0.5, 0.6) is 0 Å². The molecule has 0 spiro atoms. The monoisotopic (exact) mass is 391 g/mol. The quantitative estimate of drug-likeness (QED) is 0.846. The van der Waals surface area contributed by atoms with Crippen molar-refractivity contribution >= 4 is 17.6 Å². The standard InChI is InChI=1S/C24H29N3O2/c28-23(26-16-13-20(14-17-26)19-8-3-1-4-9-19)21-10-7-15-27(18-21)24(29)25-22-11-5-2-6-12-22/h1-6,8-9,11-12,20-21H,7,10,13-18H2,(H,25,29). The maximum absolute atomic E-state index is 13.1. The Bertz CT molecular complexity index is 817. The van der Waals surface area contributed by atoms with E-state index < -0.39 is 0 Å². The third-order valence-electron chi connectivity index (χ3n) is 6.16. The molecule has 29 heavy (non-hydrogen) atoms. The van der Waals surface area contributed by atoms with Crippen LogP contribution in [0.2, 0.25) is 0 Å². The number of hydrogen-bond donors (Lipinski definition) is 1. The van der Waals surface area contributed by atoms with Crippen LogP contribution in [0.15, 0.2) is 60.7 Å². The molecule has 0 aliphatic carbocycles. The number of carbonyl (C=O) groups excluding carboxylic acids is 2. The molecule has 0 aromatic heterocycles. The molecule has 2 heterocycles. The summed E-state index contributed by atoms with van der Waals surface area (Å²) in [5, 5.41) is 2.94. The van der Waals surface area contributed by atoms with Crippen molar-refractivity contribution in [2.75, 3.05) is 31.5 Å². The predicted octanol–water partition coefficient (Wildman–Crippen LogP) is 4.34. The molecular formula is C24H29N3O2. The summed E-state index contributed by atoms with van der Waals surface area (Å²) in [6.45, 7) is 2.84. The number of anilines is 1. The molecule has 2 saturated heterocycles. The van der Waals surface area contributed by atoms with Crippen LogP contribution in [0.3, 0.4) is 0 Å². The minimum Gasteiger partial charge on any atom is -0.342 e. The number of para-hydroxylation sites is 1. The highest BCUT2D eigenvalue weighted by Gasteiger charge is 2.33. The number of amides is 3. The maximum Gasteiger partial charge on any atom is 0.321 e. The van der Waals surface area contributed by atoms with Crippen LogP contribution in [0.1, 0.15) is 37.2 Å². The number of nitrogens with one attached hydrogen (secondary N) is 1. The van der Waals surface area contributed by atoms with Crippen LogP contribution in [-0.2, 0) is 4.79 Å². The van der Waals surface area contributed by atoms with Gasteiger partial charge < -0.3 is 15.1 Å². The van der Waals surface area contributed by atoms with Crippen LogP contribution in [-0.4, -0.2) is 47.9 Å². The molecule has 2 aliphatic rings. The number of piperidine rings is 2. The molecule has 1 atom stereocenters. The Morgan fingerprint density at radius 2 is 1.45 bits per heavy atom. The highest BCUT2D eigenvalue weighted by atomic mass is 16.2. The molecular weight excluding hydrogens is 362 g/mol. The van der Waals surface area contributed by atoms with Crippen LogP contribution >= 0.6 is 0 Å². The lowest BCUT2D eigenvalue weighted by Gasteiger charge is -2.38. The first-order valence-corrected chi connectivity index (χ1v) is 10.7. The molecule has 152 valence electrons. The Morgan fingerprint density at radius 1 is 0.793 bits per heavy atom. The number of nitrogens with zero attached hydrogens (tertiary/aromatic N) is 2. The second kappa shape index (κ2) is 9.12. The Morgan fingerprint density at radius 3 is 2.14 bits per heavy atom. The van der Waals surface area contributed by atoms with Gasteiger partial charge in [0.1, 0.15) is 0 Å². The van der Waals surface area contributed by atoms with Crippen molar-refractivity contribution in [1.82, 2.24) is 9.80 Å². The van der Waals surface area contributed by atoms with E-state index in [4.69, 9.17) is 0 Å². The second-order valence-corrected chi connectivity index (χ2v) is 8.09. The molecule has 2 aromatic carbocycles. The van der Waals surface area contributed by atoms with E-state index in [0.29, 0.717) is 19.0 Å². The Kier molecular flexibility index (Phi) is 6.13. The van der Waals surface area contributed by atoms with Gasteiger partial charge in [-0.15, -0.1) is 0 Å². The molecule has 1 unspecified atom stereocenters. The molecule has 5 heteroatoms. The lowest BCUT2D eigenvalue weighted by atomic mass is 9.88. The predicted molar refractivity (Wildman–Crippen MR) is 115 cm³/mol. The van der Waals surface area contributed by atoms with E-state index >= 15 is 0 Å². The third-order valence-corrected chi connectivity index (χ3v) is 6.16. The van der Waals surface area contributed by atoms with Gasteiger partial charge in [-0.1, -0.05) is 48.5 Å². The van der Waals surface area contributed by atoms with Crippen molar-refractivity contribution in [3.8, 4) is 0 Å².